The van der Waals surface area contributed by atoms with Gasteiger partial charge in [0.1, 0.15) is 15.9 Å². The van der Waals surface area contributed by atoms with E-state index >= 15 is 0 Å². The maximum atomic E-state index is 11.8. The standard InChI is InChI=1S/C13H19BrN2O2/c1-8-4-6-13(18-3,7-5-8)12-15-9(2)10(14)11(17)16-12/h8H,4-7H2,1-3H3,(H,15,16,17). The van der Waals surface area contributed by atoms with E-state index in [-0.39, 0.29) is 5.56 Å². The van der Waals surface area contributed by atoms with Crippen LogP contribution in [0.5, 0.6) is 0 Å². The first-order valence-corrected chi connectivity index (χ1v) is 7.10. The van der Waals surface area contributed by atoms with Gasteiger partial charge in [0.25, 0.3) is 5.56 Å². The summed E-state index contributed by atoms with van der Waals surface area (Å²) >= 11 is 3.24. The molecule has 1 aliphatic rings. The van der Waals surface area contributed by atoms with Gasteiger partial charge in [-0.2, -0.15) is 0 Å². The summed E-state index contributed by atoms with van der Waals surface area (Å²) in [7, 11) is 1.70. The molecule has 1 fully saturated rings. The molecule has 4 nitrogen and oxygen atoms in total. The number of hydrogen-bond donors (Lipinski definition) is 1. The quantitative estimate of drug-likeness (QED) is 0.913. The fourth-order valence-corrected chi connectivity index (χ4v) is 2.74. The number of rotatable bonds is 2. The third-order valence-electron chi connectivity index (χ3n) is 3.93. The maximum Gasteiger partial charge on any atom is 0.265 e. The summed E-state index contributed by atoms with van der Waals surface area (Å²) in [5.74, 6) is 1.39. The zero-order chi connectivity index (χ0) is 13.3. The van der Waals surface area contributed by atoms with Crippen LogP contribution < -0.4 is 5.56 Å². The molecule has 2 rings (SSSR count). The molecule has 0 aliphatic heterocycles. The van der Waals surface area contributed by atoms with Crippen LogP contribution in [0, 0.1) is 12.8 Å². The van der Waals surface area contributed by atoms with Gasteiger partial charge in [0, 0.05) is 7.11 Å². The van der Waals surface area contributed by atoms with Crippen molar-refractivity contribution in [3.63, 3.8) is 0 Å². The van der Waals surface area contributed by atoms with Crippen molar-refractivity contribution in [1.82, 2.24) is 9.97 Å². The van der Waals surface area contributed by atoms with E-state index in [1.807, 2.05) is 6.92 Å². The number of aryl methyl sites for hydroxylation is 1. The Morgan fingerprint density at radius 2 is 2.06 bits per heavy atom. The monoisotopic (exact) mass is 314 g/mol. The van der Waals surface area contributed by atoms with Gasteiger partial charge in [0.2, 0.25) is 0 Å². The minimum atomic E-state index is -0.420. The van der Waals surface area contributed by atoms with Gasteiger partial charge in [-0.1, -0.05) is 6.92 Å². The second kappa shape index (κ2) is 5.13. The van der Waals surface area contributed by atoms with Crippen molar-refractivity contribution in [3.8, 4) is 0 Å². The lowest BCUT2D eigenvalue weighted by molar-refractivity contribution is -0.0600. The van der Waals surface area contributed by atoms with Gasteiger partial charge >= 0.3 is 0 Å². The van der Waals surface area contributed by atoms with Crippen LogP contribution in [0.15, 0.2) is 9.27 Å². The molecule has 0 aromatic carbocycles. The predicted octanol–water partition coefficient (Wildman–Crippen LogP) is 2.89. The Hall–Kier alpha value is -0.680. The Bertz CT molecular complexity index is 490. The van der Waals surface area contributed by atoms with Crippen LogP contribution >= 0.6 is 15.9 Å². The molecule has 1 saturated carbocycles. The van der Waals surface area contributed by atoms with Gasteiger partial charge < -0.3 is 9.72 Å². The summed E-state index contributed by atoms with van der Waals surface area (Å²) in [4.78, 5) is 19.2. The summed E-state index contributed by atoms with van der Waals surface area (Å²) in [6, 6.07) is 0. The van der Waals surface area contributed by atoms with Crippen molar-refractivity contribution in [2.24, 2.45) is 5.92 Å². The number of nitrogens with zero attached hydrogens (tertiary/aromatic N) is 1. The first kappa shape index (κ1) is 13.7. The lowest BCUT2D eigenvalue weighted by Gasteiger charge is -2.37. The fourth-order valence-electron chi connectivity index (χ4n) is 2.55. The molecule has 0 radical (unpaired) electrons. The van der Waals surface area contributed by atoms with Crippen molar-refractivity contribution in [1.29, 1.82) is 0 Å². The number of nitrogens with one attached hydrogen (secondary N) is 1. The normalized spacial score (nSPS) is 28.3. The lowest BCUT2D eigenvalue weighted by atomic mass is 9.79. The summed E-state index contributed by atoms with van der Waals surface area (Å²) in [5, 5.41) is 0. The lowest BCUT2D eigenvalue weighted by Crippen LogP contribution is -2.37. The Morgan fingerprint density at radius 1 is 1.44 bits per heavy atom. The Balaban J connectivity index is 2.42. The molecule has 0 saturated heterocycles. The van der Waals surface area contributed by atoms with E-state index in [4.69, 9.17) is 4.74 Å². The van der Waals surface area contributed by atoms with Gasteiger partial charge in [0.05, 0.1) is 5.69 Å². The van der Waals surface area contributed by atoms with Crippen LogP contribution in [0.3, 0.4) is 0 Å². The molecule has 0 atom stereocenters. The second-order valence-corrected chi connectivity index (χ2v) is 5.99. The highest BCUT2D eigenvalue weighted by molar-refractivity contribution is 9.10. The molecule has 0 spiro atoms. The number of aromatic nitrogens is 2. The van der Waals surface area contributed by atoms with E-state index in [9.17, 15) is 4.79 Å². The molecular formula is C13H19BrN2O2. The molecular weight excluding hydrogens is 296 g/mol. The molecule has 0 bridgehead atoms. The highest BCUT2D eigenvalue weighted by Crippen LogP contribution is 2.40. The van der Waals surface area contributed by atoms with Crippen LogP contribution in [-0.4, -0.2) is 17.1 Å². The second-order valence-electron chi connectivity index (χ2n) is 5.19. The van der Waals surface area contributed by atoms with Crippen LogP contribution in [-0.2, 0) is 10.3 Å². The van der Waals surface area contributed by atoms with E-state index in [0.717, 1.165) is 31.6 Å². The van der Waals surface area contributed by atoms with Crippen molar-refractivity contribution in [2.75, 3.05) is 7.11 Å². The third kappa shape index (κ3) is 2.38. The zero-order valence-electron chi connectivity index (χ0n) is 11.0. The average molecular weight is 315 g/mol. The number of halogens is 1. The van der Waals surface area contributed by atoms with Gasteiger partial charge in [-0.25, -0.2) is 4.98 Å². The largest absolute Gasteiger partial charge is 0.370 e. The van der Waals surface area contributed by atoms with Gasteiger partial charge in [-0.05, 0) is 54.5 Å². The molecule has 1 heterocycles. The number of H-pyrrole nitrogens is 1. The van der Waals surface area contributed by atoms with Crippen molar-refractivity contribution in [3.05, 3.63) is 26.3 Å². The molecule has 1 N–H and O–H groups in total. The number of aromatic amines is 1. The fraction of sp³-hybridized carbons (Fsp3) is 0.692. The summed E-state index contributed by atoms with van der Waals surface area (Å²) < 4.78 is 6.22. The van der Waals surface area contributed by atoms with Crippen LogP contribution in [0.2, 0.25) is 0 Å². The first-order chi connectivity index (χ1) is 8.48. The minimum Gasteiger partial charge on any atom is -0.370 e. The Morgan fingerprint density at radius 3 is 2.56 bits per heavy atom. The molecule has 1 aliphatic carbocycles. The van der Waals surface area contributed by atoms with Crippen molar-refractivity contribution in [2.45, 2.75) is 45.1 Å². The first-order valence-electron chi connectivity index (χ1n) is 6.30. The smallest absolute Gasteiger partial charge is 0.265 e. The summed E-state index contributed by atoms with van der Waals surface area (Å²) in [5.41, 5.74) is 0.160. The highest BCUT2D eigenvalue weighted by atomic mass is 79.9. The van der Waals surface area contributed by atoms with Gasteiger partial charge in [0.15, 0.2) is 0 Å². The number of methoxy groups -OCH3 is 1. The highest BCUT2D eigenvalue weighted by Gasteiger charge is 2.38. The van der Waals surface area contributed by atoms with E-state index in [1.165, 1.54) is 0 Å². The average Bonchev–Trinajstić information content (AvgIpc) is 2.37. The van der Waals surface area contributed by atoms with Crippen molar-refractivity contribution < 1.29 is 4.74 Å². The molecule has 1 aromatic heterocycles. The van der Waals surface area contributed by atoms with Crippen LogP contribution in [0.4, 0.5) is 0 Å². The maximum absolute atomic E-state index is 11.8. The molecule has 5 heteroatoms. The predicted molar refractivity (Wildman–Crippen MR) is 73.6 cm³/mol. The summed E-state index contributed by atoms with van der Waals surface area (Å²) in [6.07, 6.45) is 4.03. The van der Waals surface area contributed by atoms with Crippen LogP contribution in [0.25, 0.3) is 0 Å². The van der Waals surface area contributed by atoms with E-state index in [1.54, 1.807) is 7.11 Å². The Kier molecular flexibility index (Phi) is 3.92. The summed E-state index contributed by atoms with van der Waals surface area (Å²) in [6.45, 7) is 4.08. The van der Waals surface area contributed by atoms with Crippen molar-refractivity contribution >= 4 is 15.9 Å². The van der Waals surface area contributed by atoms with E-state index in [2.05, 4.69) is 32.8 Å². The molecule has 18 heavy (non-hydrogen) atoms. The molecule has 0 amide bonds. The third-order valence-corrected chi connectivity index (χ3v) is 4.87. The van der Waals surface area contributed by atoms with Crippen LogP contribution in [0.1, 0.15) is 44.1 Å². The minimum absolute atomic E-state index is 0.132. The SMILES string of the molecule is COC1(c2nc(C)c(Br)c(=O)[nH]2)CCC(C)CC1. The number of hydrogen-bond acceptors (Lipinski definition) is 3. The molecule has 1 aromatic rings. The molecule has 0 unspecified atom stereocenters. The molecule has 100 valence electrons. The number of ether oxygens (including phenoxy) is 1. The Labute approximate surface area is 115 Å². The van der Waals surface area contributed by atoms with Gasteiger partial charge in [-0.15, -0.1) is 0 Å². The topological polar surface area (TPSA) is 55.0 Å². The van der Waals surface area contributed by atoms with E-state index < -0.39 is 5.60 Å². The zero-order valence-corrected chi connectivity index (χ0v) is 12.6. The van der Waals surface area contributed by atoms with E-state index in [0.29, 0.717) is 16.0 Å². The van der Waals surface area contributed by atoms with Gasteiger partial charge in [-0.3, -0.25) is 4.79 Å².